The lowest BCUT2D eigenvalue weighted by Gasteiger charge is -2.32. The predicted octanol–water partition coefficient (Wildman–Crippen LogP) is 4.95. The van der Waals surface area contributed by atoms with Gasteiger partial charge in [0.2, 0.25) is 0 Å². The highest BCUT2D eigenvalue weighted by Crippen LogP contribution is 2.38. The number of ether oxygens (including phenoxy) is 1. The van der Waals surface area contributed by atoms with E-state index in [0.717, 1.165) is 11.0 Å². The summed E-state index contributed by atoms with van der Waals surface area (Å²) in [4.78, 5) is 13.3. The van der Waals surface area contributed by atoms with E-state index in [1.54, 1.807) is 11.8 Å². The molecule has 1 saturated heterocycles. The molecule has 0 spiro atoms. The minimum atomic E-state index is -0.550. The second kappa shape index (κ2) is 8.51. The molecule has 7 heteroatoms. The van der Waals surface area contributed by atoms with Crippen LogP contribution < -0.4 is 5.32 Å². The highest BCUT2D eigenvalue weighted by molar-refractivity contribution is 7.98. The van der Waals surface area contributed by atoms with Crippen LogP contribution in [-0.2, 0) is 14.0 Å². The van der Waals surface area contributed by atoms with Crippen molar-refractivity contribution >= 4 is 31.0 Å². The number of hydrogen-bond acceptors (Lipinski definition) is 5. The van der Waals surface area contributed by atoms with Gasteiger partial charge in [0.05, 0.1) is 11.2 Å². The summed E-state index contributed by atoms with van der Waals surface area (Å²) in [7, 11) is -0.542. The fourth-order valence-corrected chi connectivity index (χ4v) is 3.01. The van der Waals surface area contributed by atoms with Crippen LogP contribution in [-0.4, -0.2) is 42.8 Å². The fourth-order valence-electron chi connectivity index (χ4n) is 2.60. The molecule has 1 fully saturated rings. The summed E-state index contributed by atoms with van der Waals surface area (Å²) in [5, 5.41) is 2.82. The van der Waals surface area contributed by atoms with Crippen molar-refractivity contribution in [2.75, 3.05) is 12.8 Å². The van der Waals surface area contributed by atoms with Crippen LogP contribution in [0.1, 0.15) is 54.0 Å². The van der Waals surface area contributed by atoms with Crippen LogP contribution in [0, 0.1) is 0 Å². The first-order valence-electron chi connectivity index (χ1n) is 9.50. The first-order valence-corrected chi connectivity index (χ1v) is 10.7. The van der Waals surface area contributed by atoms with Gasteiger partial charge < -0.3 is 19.4 Å². The zero-order valence-electron chi connectivity index (χ0n) is 18.2. The maximum Gasteiger partial charge on any atom is 0.492 e. The van der Waals surface area contributed by atoms with Gasteiger partial charge in [-0.05, 0) is 77.9 Å². The van der Waals surface area contributed by atoms with Gasteiger partial charge in [0.15, 0.2) is 0 Å². The van der Waals surface area contributed by atoms with Gasteiger partial charge in [-0.15, -0.1) is 11.8 Å². The minimum absolute atomic E-state index is 0.274. The van der Waals surface area contributed by atoms with Crippen molar-refractivity contribution in [3.8, 4) is 0 Å². The highest BCUT2D eigenvalue weighted by Gasteiger charge is 2.52. The van der Waals surface area contributed by atoms with E-state index in [-0.39, 0.29) is 6.54 Å². The Morgan fingerprint density at radius 1 is 1.14 bits per heavy atom. The van der Waals surface area contributed by atoms with Crippen molar-refractivity contribution in [3.05, 3.63) is 35.3 Å². The van der Waals surface area contributed by atoms with Crippen molar-refractivity contribution in [2.45, 2.75) is 70.2 Å². The summed E-state index contributed by atoms with van der Waals surface area (Å²) in [5.74, 6) is 0. The zero-order valence-corrected chi connectivity index (χ0v) is 19.0. The van der Waals surface area contributed by atoms with Crippen LogP contribution >= 0.6 is 11.8 Å². The van der Waals surface area contributed by atoms with Crippen molar-refractivity contribution in [3.63, 3.8) is 0 Å². The molecule has 154 valence electrons. The third-order valence-electron chi connectivity index (χ3n) is 4.86. The third kappa shape index (κ3) is 6.03. The molecule has 2 rings (SSSR count). The molecule has 0 radical (unpaired) electrons. The third-order valence-corrected chi connectivity index (χ3v) is 5.60. The summed E-state index contributed by atoms with van der Waals surface area (Å²) >= 11 is 1.70. The van der Waals surface area contributed by atoms with Crippen molar-refractivity contribution in [2.24, 2.45) is 0 Å². The lowest BCUT2D eigenvalue weighted by molar-refractivity contribution is 0.00578. The average molecular weight is 405 g/mol. The standard InChI is InChI=1S/C21H32BNO4S/c1-19(2,3)25-18(24)23-14-16(13-15-9-11-17(28-8)12-10-15)22-26-20(4,5)21(6,7)27-22/h9-13H,14H2,1-8H3,(H,23,24). The quantitative estimate of drug-likeness (QED) is 0.555. The van der Waals surface area contributed by atoms with Gasteiger partial charge >= 0.3 is 13.2 Å². The van der Waals surface area contributed by atoms with Gasteiger partial charge in [0, 0.05) is 11.4 Å². The Morgan fingerprint density at radius 2 is 1.68 bits per heavy atom. The molecule has 0 saturated carbocycles. The monoisotopic (exact) mass is 405 g/mol. The second-order valence-electron chi connectivity index (χ2n) is 8.94. The van der Waals surface area contributed by atoms with Crippen molar-refractivity contribution < 1.29 is 18.8 Å². The average Bonchev–Trinajstić information content (AvgIpc) is 2.78. The number of alkyl carbamates (subject to hydrolysis) is 1. The van der Waals surface area contributed by atoms with Crippen molar-refractivity contribution in [1.82, 2.24) is 5.32 Å². The van der Waals surface area contributed by atoms with E-state index in [1.165, 1.54) is 4.90 Å². The van der Waals surface area contributed by atoms with Crippen LogP contribution in [0.5, 0.6) is 0 Å². The summed E-state index contributed by atoms with van der Waals surface area (Å²) in [6.45, 7) is 13.8. The number of thioether (sulfide) groups is 1. The van der Waals surface area contributed by atoms with Gasteiger partial charge in [0.1, 0.15) is 5.60 Å². The number of hydrogen-bond donors (Lipinski definition) is 1. The molecule has 1 amide bonds. The molecular weight excluding hydrogens is 373 g/mol. The molecule has 0 atom stereocenters. The molecular formula is C21H32BNO4S. The number of rotatable bonds is 5. The SMILES string of the molecule is CSc1ccc(C=C(CNC(=O)OC(C)(C)C)B2OC(C)(C)C(C)(C)O2)cc1. The van der Waals surface area contributed by atoms with Gasteiger partial charge in [-0.3, -0.25) is 0 Å². The Bertz CT molecular complexity index is 707. The lowest BCUT2D eigenvalue weighted by atomic mass is 9.77. The van der Waals surface area contributed by atoms with Gasteiger partial charge in [-0.25, -0.2) is 4.79 Å². The molecule has 5 nitrogen and oxygen atoms in total. The van der Waals surface area contributed by atoms with E-state index in [0.29, 0.717) is 0 Å². The number of benzene rings is 1. The van der Waals surface area contributed by atoms with Crippen LogP contribution in [0.25, 0.3) is 6.08 Å². The Morgan fingerprint density at radius 3 is 2.14 bits per heavy atom. The Hall–Kier alpha value is -1.44. The summed E-state index contributed by atoms with van der Waals surface area (Å²) in [5.41, 5.74) is 0.401. The Labute approximate surface area is 173 Å². The molecule has 1 heterocycles. The normalized spacial score (nSPS) is 18.9. The highest BCUT2D eigenvalue weighted by atomic mass is 32.2. The number of carbonyl (C=O) groups is 1. The summed E-state index contributed by atoms with van der Waals surface area (Å²) in [6, 6.07) is 8.23. The van der Waals surface area contributed by atoms with Crippen LogP contribution in [0.15, 0.2) is 34.6 Å². The number of nitrogens with one attached hydrogen (secondary N) is 1. The van der Waals surface area contributed by atoms with E-state index in [4.69, 9.17) is 14.0 Å². The molecule has 0 unspecified atom stereocenters. The van der Waals surface area contributed by atoms with Crippen LogP contribution in [0.4, 0.5) is 4.79 Å². The van der Waals surface area contributed by atoms with E-state index >= 15 is 0 Å². The van der Waals surface area contributed by atoms with E-state index in [9.17, 15) is 4.79 Å². The molecule has 1 aliphatic rings. The van der Waals surface area contributed by atoms with Gasteiger partial charge in [0.25, 0.3) is 0 Å². The number of carbonyl (C=O) groups excluding carboxylic acids is 1. The first kappa shape index (κ1) is 22.8. The molecule has 28 heavy (non-hydrogen) atoms. The first-order chi connectivity index (χ1) is 12.8. The smallest absolute Gasteiger partial charge is 0.444 e. The van der Waals surface area contributed by atoms with Crippen LogP contribution in [0.2, 0.25) is 0 Å². The molecule has 0 aromatic heterocycles. The molecule has 0 aliphatic carbocycles. The zero-order chi connectivity index (χ0) is 21.2. The minimum Gasteiger partial charge on any atom is -0.444 e. The number of amides is 1. The van der Waals surface area contributed by atoms with Gasteiger partial charge in [-0.2, -0.15) is 0 Å². The molecule has 1 aromatic rings. The molecule has 1 N–H and O–H groups in total. The van der Waals surface area contributed by atoms with E-state index in [1.807, 2.05) is 72.9 Å². The topological polar surface area (TPSA) is 56.8 Å². The largest absolute Gasteiger partial charge is 0.492 e. The predicted molar refractivity (Wildman–Crippen MR) is 117 cm³/mol. The lowest BCUT2D eigenvalue weighted by Crippen LogP contribution is -2.41. The maximum absolute atomic E-state index is 12.1. The molecule has 0 bridgehead atoms. The maximum atomic E-state index is 12.1. The summed E-state index contributed by atoms with van der Waals surface area (Å²) < 4.78 is 17.7. The van der Waals surface area contributed by atoms with Gasteiger partial charge in [-0.1, -0.05) is 18.2 Å². The van der Waals surface area contributed by atoms with Crippen molar-refractivity contribution in [1.29, 1.82) is 0 Å². The summed E-state index contributed by atoms with van der Waals surface area (Å²) in [6.07, 6.45) is 3.59. The Kier molecular flexibility index (Phi) is 6.95. The molecule has 1 aliphatic heterocycles. The molecule has 1 aromatic carbocycles. The Balaban J connectivity index is 2.23. The second-order valence-corrected chi connectivity index (χ2v) is 9.82. The van der Waals surface area contributed by atoms with E-state index in [2.05, 4.69) is 17.4 Å². The fraction of sp³-hybridized carbons (Fsp3) is 0.571. The van der Waals surface area contributed by atoms with E-state index < -0.39 is 30.0 Å². The van der Waals surface area contributed by atoms with Crippen LogP contribution in [0.3, 0.4) is 0 Å².